The average Bonchev–Trinajstić information content (AvgIpc) is 3.11. The van der Waals surface area contributed by atoms with Crippen molar-refractivity contribution in [2.45, 2.75) is 13.1 Å². The highest BCUT2D eigenvalue weighted by Gasteiger charge is 2.35. The molecule has 14 heteroatoms. The van der Waals surface area contributed by atoms with Crippen molar-refractivity contribution in [3.05, 3.63) is 103 Å². The molecule has 1 fully saturated rings. The molecule has 1 aliphatic rings. The monoisotopic (exact) mass is 593 g/mol. The summed E-state index contributed by atoms with van der Waals surface area (Å²) in [7, 11) is 0. The van der Waals surface area contributed by atoms with Gasteiger partial charge in [0.1, 0.15) is 5.75 Å². The molecule has 0 aliphatic carbocycles. The first-order valence-electron chi connectivity index (χ1n) is 10.8. The zero-order valence-corrected chi connectivity index (χ0v) is 22.0. The molecule has 2 amide bonds. The summed E-state index contributed by atoms with van der Waals surface area (Å²) in [6.45, 7) is 1.80. The Kier molecular flexibility index (Phi) is 7.95. The second kappa shape index (κ2) is 11.0. The Bertz CT molecular complexity index is 1560. The van der Waals surface area contributed by atoms with Crippen LogP contribution in [0, 0.1) is 17.0 Å². The van der Waals surface area contributed by atoms with Gasteiger partial charge in [0.05, 0.1) is 26.0 Å². The van der Waals surface area contributed by atoms with Gasteiger partial charge in [-0.05, 0) is 61.1 Å². The van der Waals surface area contributed by atoms with E-state index < -0.39 is 39.9 Å². The van der Waals surface area contributed by atoms with Gasteiger partial charge in [-0.25, -0.2) is 0 Å². The molecule has 0 unspecified atom stereocenters. The van der Waals surface area contributed by atoms with E-state index in [0.717, 1.165) is 28.4 Å². The second-order valence-electron chi connectivity index (χ2n) is 8.02. The number of rotatable bonds is 6. The van der Waals surface area contributed by atoms with Crippen LogP contribution in [0.2, 0.25) is 5.02 Å². The molecule has 1 aliphatic heterocycles. The molecular weight excluding hydrogens is 579 g/mol. The number of benzene rings is 3. The van der Waals surface area contributed by atoms with Gasteiger partial charge in [0.2, 0.25) is 5.75 Å². The van der Waals surface area contributed by atoms with Gasteiger partial charge in [-0.3, -0.25) is 25.1 Å². The van der Waals surface area contributed by atoms with Crippen LogP contribution in [-0.2, 0) is 11.0 Å². The van der Waals surface area contributed by atoms with E-state index in [9.17, 15) is 32.9 Å². The number of ether oxygens (including phenoxy) is 1. The number of nitrogens with one attached hydrogen (secondary N) is 1. The first-order valence-corrected chi connectivity index (χ1v) is 12.4. The highest BCUT2D eigenvalue weighted by molar-refractivity contribution is 8.26. The van der Waals surface area contributed by atoms with Crippen LogP contribution in [0.25, 0.3) is 6.08 Å². The number of hydrogen-bond acceptors (Lipinski definition) is 7. The van der Waals surface area contributed by atoms with Gasteiger partial charge in [0.15, 0.2) is 4.32 Å². The SMILES string of the molecule is Cc1ccc(C(=O)NN2C(=O)/C(=C\c3ccccc3Oc3ccc(C(F)(F)F)cc3[N+](=O)[O-])SC2=S)c(Cl)c1. The van der Waals surface area contributed by atoms with Gasteiger partial charge in [0.25, 0.3) is 11.8 Å². The zero-order valence-electron chi connectivity index (χ0n) is 19.6. The van der Waals surface area contributed by atoms with Gasteiger partial charge in [-0.15, -0.1) is 0 Å². The fraction of sp³-hybridized carbons (Fsp3) is 0.0800. The maximum Gasteiger partial charge on any atom is 0.416 e. The molecule has 8 nitrogen and oxygen atoms in total. The minimum Gasteiger partial charge on any atom is -0.449 e. The number of carbonyl (C=O) groups excluding carboxylic acids is 2. The Morgan fingerprint density at radius 3 is 2.54 bits per heavy atom. The van der Waals surface area contributed by atoms with E-state index in [4.69, 9.17) is 28.6 Å². The number of nitro groups is 1. The normalized spacial score (nSPS) is 14.6. The molecule has 0 atom stereocenters. The lowest BCUT2D eigenvalue weighted by Crippen LogP contribution is -2.44. The Hall–Kier alpha value is -3.94. The van der Waals surface area contributed by atoms with Crippen molar-refractivity contribution in [2.75, 3.05) is 0 Å². The number of thioether (sulfide) groups is 1. The number of para-hydroxylation sites is 1. The summed E-state index contributed by atoms with van der Waals surface area (Å²) >= 11 is 12.3. The average molecular weight is 594 g/mol. The number of alkyl halides is 3. The van der Waals surface area contributed by atoms with Gasteiger partial charge in [0, 0.05) is 11.6 Å². The van der Waals surface area contributed by atoms with Crippen molar-refractivity contribution in [1.82, 2.24) is 10.4 Å². The molecule has 0 saturated carbocycles. The van der Waals surface area contributed by atoms with Crippen LogP contribution in [-0.4, -0.2) is 26.1 Å². The zero-order chi connectivity index (χ0) is 28.5. The smallest absolute Gasteiger partial charge is 0.416 e. The summed E-state index contributed by atoms with van der Waals surface area (Å²) in [6, 6.07) is 12.8. The Balaban J connectivity index is 1.60. The third-order valence-corrected chi connectivity index (χ3v) is 6.90. The molecule has 1 heterocycles. The minimum atomic E-state index is -4.78. The quantitative estimate of drug-likeness (QED) is 0.143. The largest absolute Gasteiger partial charge is 0.449 e. The lowest BCUT2D eigenvalue weighted by atomic mass is 10.1. The lowest BCUT2D eigenvalue weighted by molar-refractivity contribution is -0.385. The predicted octanol–water partition coefficient (Wildman–Crippen LogP) is 6.91. The molecule has 0 bridgehead atoms. The van der Waals surface area contributed by atoms with Crippen LogP contribution in [0.15, 0.2) is 65.6 Å². The number of carbonyl (C=O) groups is 2. The van der Waals surface area contributed by atoms with Crippen molar-refractivity contribution in [1.29, 1.82) is 0 Å². The molecule has 3 aromatic carbocycles. The van der Waals surface area contributed by atoms with Crippen LogP contribution < -0.4 is 10.2 Å². The number of halogens is 4. The summed E-state index contributed by atoms with van der Waals surface area (Å²) in [5.41, 5.74) is 1.59. The fourth-order valence-electron chi connectivity index (χ4n) is 3.41. The van der Waals surface area contributed by atoms with E-state index in [1.165, 1.54) is 24.3 Å². The number of nitro benzene ring substituents is 1. The Morgan fingerprint density at radius 1 is 1.15 bits per heavy atom. The number of thiocarbonyl (C=S) groups is 1. The minimum absolute atomic E-state index is 0.0274. The number of hydrazine groups is 1. The van der Waals surface area contributed by atoms with Gasteiger partial charge >= 0.3 is 11.9 Å². The number of hydrogen-bond donors (Lipinski definition) is 1. The third-order valence-electron chi connectivity index (χ3n) is 5.28. The topological polar surface area (TPSA) is 102 Å². The summed E-state index contributed by atoms with van der Waals surface area (Å²) in [6.07, 6.45) is -3.40. The van der Waals surface area contributed by atoms with Crippen LogP contribution in [0.5, 0.6) is 11.5 Å². The van der Waals surface area contributed by atoms with Crippen molar-refractivity contribution >= 4 is 63.5 Å². The van der Waals surface area contributed by atoms with E-state index >= 15 is 0 Å². The molecule has 0 spiro atoms. The molecule has 0 radical (unpaired) electrons. The van der Waals surface area contributed by atoms with Crippen LogP contribution in [0.1, 0.15) is 27.0 Å². The van der Waals surface area contributed by atoms with Crippen molar-refractivity contribution in [3.8, 4) is 11.5 Å². The summed E-state index contributed by atoms with van der Waals surface area (Å²) in [4.78, 5) is 36.3. The highest BCUT2D eigenvalue weighted by atomic mass is 35.5. The fourth-order valence-corrected chi connectivity index (χ4v) is 4.90. The highest BCUT2D eigenvalue weighted by Crippen LogP contribution is 2.40. The summed E-state index contributed by atoms with van der Waals surface area (Å²) in [5, 5.41) is 12.5. The van der Waals surface area contributed by atoms with Crippen LogP contribution in [0.3, 0.4) is 0 Å². The standard InChI is InChI=1S/C25H15ClF3N3O5S2/c1-13-6-8-16(17(26)10-13)22(33)30-31-23(34)21(39-24(31)38)11-14-4-2-3-5-19(14)37-20-9-7-15(25(27,28)29)12-18(20)32(35)36/h2-12H,1H3,(H,30,33)/b21-11+. The van der Waals surface area contributed by atoms with Crippen LogP contribution in [0.4, 0.5) is 18.9 Å². The van der Waals surface area contributed by atoms with Crippen molar-refractivity contribution in [3.63, 3.8) is 0 Å². The second-order valence-corrected chi connectivity index (χ2v) is 10.1. The molecule has 0 aromatic heterocycles. The van der Waals surface area contributed by atoms with E-state index in [0.29, 0.717) is 12.1 Å². The molecule has 1 saturated heterocycles. The Labute approximate surface area is 233 Å². The van der Waals surface area contributed by atoms with E-state index in [-0.39, 0.29) is 31.1 Å². The van der Waals surface area contributed by atoms with Crippen molar-refractivity contribution < 1.29 is 32.4 Å². The van der Waals surface area contributed by atoms with Crippen molar-refractivity contribution in [2.24, 2.45) is 0 Å². The summed E-state index contributed by atoms with van der Waals surface area (Å²) < 4.78 is 44.8. The van der Waals surface area contributed by atoms with Gasteiger partial charge < -0.3 is 4.74 Å². The first kappa shape index (κ1) is 28.1. The van der Waals surface area contributed by atoms with Gasteiger partial charge in [-0.2, -0.15) is 18.2 Å². The molecule has 4 rings (SSSR count). The number of nitrogens with zero attached hydrogens (tertiary/aromatic N) is 2. The summed E-state index contributed by atoms with van der Waals surface area (Å²) in [5.74, 6) is -1.71. The number of amides is 2. The Morgan fingerprint density at radius 2 is 1.87 bits per heavy atom. The third kappa shape index (κ3) is 6.21. The van der Waals surface area contributed by atoms with Crippen LogP contribution >= 0.6 is 35.6 Å². The molecule has 200 valence electrons. The van der Waals surface area contributed by atoms with E-state index in [2.05, 4.69) is 5.43 Å². The van der Waals surface area contributed by atoms with E-state index in [1.807, 2.05) is 0 Å². The van der Waals surface area contributed by atoms with E-state index in [1.54, 1.807) is 31.2 Å². The number of aryl methyl sites for hydroxylation is 1. The molecule has 3 aromatic rings. The molecular formula is C25H15ClF3N3O5S2. The molecule has 39 heavy (non-hydrogen) atoms. The molecule has 1 N–H and O–H groups in total. The maximum atomic E-state index is 13.0. The lowest BCUT2D eigenvalue weighted by Gasteiger charge is -2.16. The predicted molar refractivity (Wildman–Crippen MR) is 143 cm³/mol. The van der Waals surface area contributed by atoms with Gasteiger partial charge in [-0.1, -0.05) is 47.6 Å². The maximum absolute atomic E-state index is 13.0. The first-order chi connectivity index (χ1) is 18.3.